The maximum atomic E-state index is 13.1. The molecule has 0 radical (unpaired) electrons. The van der Waals surface area contributed by atoms with Crippen LogP contribution in [0.4, 0.5) is 13.2 Å². The van der Waals surface area contributed by atoms with Crippen LogP contribution in [0.5, 0.6) is 0 Å². The summed E-state index contributed by atoms with van der Waals surface area (Å²) in [6, 6.07) is 1.88. The molecule has 0 spiro atoms. The van der Waals surface area contributed by atoms with E-state index in [1.165, 1.54) is 6.20 Å². The Labute approximate surface area is 123 Å². The number of hydrogen-bond donors (Lipinski definition) is 1. The Balaban J connectivity index is 2.85. The van der Waals surface area contributed by atoms with Crippen LogP contribution in [-0.4, -0.2) is 11.6 Å². The van der Waals surface area contributed by atoms with Gasteiger partial charge in [0.25, 0.3) is 0 Å². The predicted octanol–water partition coefficient (Wildman–Crippen LogP) is 4.21. The third-order valence-corrected chi connectivity index (χ3v) is 3.23. The molecule has 2 aromatic rings. The molecule has 0 saturated carbocycles. The van der Waals surface area contributed by atoms with Gasteiger partial charge >= 0.3 is 6.18 Å². The molecule has 0 atom stereocenters. The van der Waals surface area contributed by atoms with E-state index < -0.39 is 22.6 Å². The van der Waals surface area contributed by atoms with Crippen molar-refractivity contribution < 1.29 is 17.9 Å². The molecule has 1 aromatic carbocycles. The molecular formula is C14H11ClF3NO2. The lowest BCUT2D eigenvalue weighted by Gasteiger charge is -2.13. The van der Waals surface area contributed by atoms with Crippen molar-refractivity contribution in [2.75, 3.05) is 6.61 Å². The minimum atomic E-state index is -4.67. The van der Waals surface area contributed by atoms with E-state index >= 15 is 0 Å². The third kappa shape index (κ3) is 2.76. The van der Waals surface area contributed by atoms with Crippen LogP contribution in [0.1, 0.15) is 18.1 Å². The topological polar surface area (TPSA) is 42.1 Å². The minimum Gasteiger partial charge on any atom is -0.494 e. The number of rotatable bonds is 3. The molecule has 112 valence electrons. The van der Waals surface area contributed by atoms with Crippen LogP contribution in [0, 0.1) is 0 Å². The smallest absolute Gasteiger partial charge is 0.417 e. The fourth-order valence-electron chi connectivity index (χ4n) is 1.99. The Morgan fingerprint density at radius 3 is 2.67 bits per heavy atom. The lowest BCUT2D eigenvalue weighted by Crippen LogP contribution is -2.16. The van der Waals surface area contributed by atoms with E-state index in [-0.39, 0.29) is 28.5 Å². The van der Waals surface area contributed by atoms with Crippen LogP contribution in [0.15, 0.2) is 29.7 Å². The molecule has 1 aromatic heterocycles. The second-order valence-corrected chi connectivity index (χ2v) is 4.64. The zero-order chi connectivity index (χ0) is 15.8. The first-order valence-corrected chi connectivity index (χ1v) is 6.38. The summed E-state index contributed by atoms with van der Waals surface area (Å²) in [6.45, 7) is 5.47. The molecule has 0 aliphatic carbocycles. The van der Waals surface area contributed by atoms with Gasteiger partial charge in [0.05, 0.1) is 33.7 Å². The van der Waals surface area contributed by atoms with Crippen molar-refractivity contribution in [2.24, 2.45) is 0 Å². The molecule has 7 heteroatoms. The van der Waals surface area contributed by atoms with E-state index in [1.54, 1.807) is 6.92 Å². The maximum absolute atomic E-state index is 13.1. The Bertz CT molecular complexity index is 765. The SMILES string of the molecule is C=C(OCC)c1c[nH]c2c(Cl)ccc(C(F)(F)F)c2c1=O. The first-order chi connectivity index (χ1) is 9.77. The molecule has 0 bridgehead atoms. The molecule has 0 amide bonds. The standard InChI is InChI=1S/C14H11ClF3NO2/c1-3-21-7(2)8-6-19-12-10(15)5-4-9(14(16,17)18)11(12)13(8)20/h4-6H,2-3H2,1H3,(H,19,20). The van der Waals surface area contributed by atoms with Crippen LogP contribution in [0.3, 0.4) is 0 Å². The molecule has 0 saturated heterocycles. The van der Waals surface area contributed by atoms with Gasteiger partial charge in [-0.2, -0.15) is 13.2 Å². The van der Waals surface area contributed by atoms with Gasteiger partial charge < -0.3 is 9.72 Å². The van der Waals surface area contributed by atoms with Gasteiger partial charge in [0.1, 0.15) is 5.76 Å². The van der Waals surface area contributed by atoms with Gasteiger partial charge in [-0.25, -0.2) is 0 Å². The highest BCUT2D eigenvalue weighted by Gasteiger charge is 2.34. The van der Waals surface area contributed by atoms with Crippen LogP contribution in [-0.2, 0) is 10.9 Å². The number of alkyl halides is 3. The van der Waals surface area contributed by atoms with Crippen molar-refractivity contribution in [3.05, 3.63) is 51.3 Å². The molecule has 1 N–H and O–H groups in total. The number of aromatic nitrogens is 1. The summed E-state index contributed by atoms with van der Waals surface area (Å²) in [5.74, 6) is 0.00810. The first-order valence-electron chi connectivity index (χ1n) is 6.00. The predicted molar refractivity (Wildman–Crippen MR) is 75.2 cm³/mol. The lowest BCUT2D eigenvalue weighted by molar-refractivity contribution is -0.136. The minimum absolute atomic E-state index is 0.00810. The summed E-state index contributed by atoms with van der Waals surface area (Å²) in [4.78, 5) is 15.0. The second kappa shape index (κ2) is 5.44. The van der Waals surface area contributed by atoms with Crippen molar-refractivity contribution in [3.63, 3.8) is 0 Å². The zero-order valence-electron chi connectivity index (χ0n) is 11.0. The molecule has 3 nitrogen and oxygen atoms in total. The Morgan fingerprint density at radius 2 is 2.10 bits per heavy atom. The normalized spacial score (nSPS) is 11.7. The third-order valence-electron chi connectivity index (χ3n) is 2.91. The highest BCUT2D eigenvalue weighted by Crippen LogP contribution is 2.35. The molecule has 0 fully saturated rings. The lowest BCUT2D eigenvalue weighted by atomic mass is 10.0. The van der Waals surface area contributed by atoms with Crippen molar-refractivity contribution >= 4 is 28.3 Å². The van der Waals surface area contributed by atoms with Crippen molar-refractivity contribution in [1.29, 1.82) is 0 Å². The Hall–Kier alpha value is -1.95. The quantitative estimate of drug-likeness (QED) is 0.862. The van der Waals surface area contributed by atoms with E-state index in [9.17, 15) is 18.0 Å². The van der Waals surface area contributed by atoms with Crippen LogP contribution < -0.4 is 5.43 Å². The summed E-state index contributed by atoms with van der Waals surface area (Å²) < 4.78 is 44.3. The fraction of sp³-hybridized carbons (Fsp3) is 0.214. The largest absolute Gasteiger partial charge is 0.494 e. The van der Waals surface area contributed by atoms with Gasteiger partial charge in [-0.1, -0.05) is 18.2 Å². The number of H-pyrrole nitrogens is 1. The number of fused-ring (bicyclic) bond motifs is 1. The van der Waals surface area contributed by atoms with Crippen LogP contribution in [0.25, 0.3) is 16.7 Å². The van der Waals surface area contributed by atoms with Crippen molar-refractivity contribution in [1.82, 2.24) is 4.98 Å². The monoisotopic (exact) mass is 317 g/mol. The molecular weight excluding hydrogens is 307 g/mol. The van der Waals surface area contributed by atoms with Gasteiger partial charge in [-0.3, -0.25) is 4.79 Å². The zero-order valence-corrected chi connectivity index (χ0v) is 11.7. The van der Waals surface area contributed by atoms with E-state index in [2.05, 4.69) is 11.6 Å². The Kier molecular flexibility index (Phi) is 4.00. The van der Waals surface area contributed by atoms with Crippen LogP contribution in [0.2, 0.25) is 5.02 Å². The van der Waals surface area contributed by atoms with Crippen molar-refractivity contribution in [2.45, 2.75) is 13.1 Å². The molecule has 1 heterocycles. The molecule has 21 heavy (non-hydrogen) atoms. The Morgan fingerprint density at radius 1 is 1.43 bits per heavy atom. The number of benzene rings is 1. The van der Waals surface area contributed by atoms with Crippen molar-refractivity contribution in [3.8, 4) is 0 Å². The number of halogens is 4. The highest BCUT2D eigenvalue weighted by atomic mass is 35.5. The summed E-state index contributed by atoms with van der Waals surface area (Å²) in [7, 11) is 0. The number of aromatic amines is 1. The van der Waals surface area contributed by atoms with E-state index in [1.807, 2.05) is 0 Å². The maximum Gasteiger partial charge on any atom is 0.417 e. The van der Waals surface area contributed by atoms with Gasteiger partial charge in [0.15, 0.2) is 0 Å². The number of ether oxygens (including phenoxy) is 1. The summed E-state index contributed by atoms with van der Waals surface area (Å²) in [5, 5.41) is -0.489. The highest BCUT2D eigenvalue weighted by molar-refractivity contribution is 6.35. The molecule has 2 rings (SSSR count). The average Bonchev–Trinajstić information content (AvgIpc) is 2.38. The van der Waals surface area contributed by atoms with Gasteiger partial charge in [-0.05, 0) is 19.1 Å². The fourth-order valence-corrected chi connectivity index (χ4v) is 2.21. The first kappa shape index (κ1) is 15.4. The second-order valence-electron chi connectivity index (χ2n) is 4.23. The van der Waals surface area contributed by atoms with E-state index in [0.29, 0.717) is 0 Å². The summed E-state index contributed by atoms with van der Waals surface area (Å²) >= 11 is 5.85. The number of hydrogen-bond acceptors (Lipinski definition) is 2. The molecule has 0 aliphatic rings. The summed E-state index contributed by atoms with van der Waals surface area (Å²) in [5.41, 5.74) is -1.99. The number of nitrogens with one attached hydrogen (secondary N) is 1. The van der Waals surface area contributed by atoms with Gasteiger partial charge in [0.2, 0.25) is 5.43 Å². The molecule has 0 unspecified atom stereocenters. The van der Waals surface area contributed by atoms with Gasteiger partial charge in [-0.15, -0.1) is 0 Å². The number of pyridine rings is 1. The molecule has 0 aliphatic heterocycles. The van der Waals surface area contributed by atoms with Crippen LogP contribution >= 0.6 is 11.6 Å². The van der Waals surface area contributed by atoms with E-state index in [0.717, 1.165) is 12.1 Å². The van der Waals surface area contributed by atoms with E-state index in [4.69, 9.17) is 16.3 Å². The van der Waals surface area contributed by atoms with Gasteiger partial charge in [0, 0.05) is 6.20 Å². The summed E-state index contributed by atoms with van der Waals surface area (Å²) in [6.07, 6.45) is -3.42. The average molecular weight is 318 g/mol.